The van der Waals surface area contributed by atoms with Crippen LogP contribution in [0.4, 0.5) is 29.1 Å². The molecule has 142 valence electrons. The average molecular weight is 406 g/mol. The molecule has 5 nitrogen and oxygen atoms in total. The number of nitrogens with two attached hydrogens (primary N) is 1. The third-order valence-corrected chi connectivity index (χ3v) is 4.43. The molecule has 1 aromatic carbocycles. The van der Waals surface area contributed by atoms with Crippen molar-refractivity contribution < 1.29 is 22.4 Å². The minimum Gasteiger partial charge on any atom is -0.383 e. The van der Waals surface area contributed by atoms with Crippen molar-refractivity contribution in [1.29, 1.82) is 0 Å². The Morgan fingerprint density at radius 1 is 1.18 bits per heavy atom. The zero-order valence-electron chi connectivity index (χ0n) is 13.8. The number of rotatable bonds is 2. The van der Waals surface area contributed by atoms with Gasteiger partial charge in [-0.2, -0.15) is 13.2 Å². The monoisotopic (exact) mass is 406 g/mol. The lowest BCUT2D eigenvalue weighted by atomic mass is 10.2. The quantitative estimate of drug-likeness (QED) is 0.499. The third-order valence-electron chi connectivity index (χ3n) is 3.44. The highest BCUT2D eigenvalue weighted by Gasteiger charge is 2.31. The van der Waals surface area contributed by atoms with Crippen LogP contribution in [0.2, 0.25) is 0 Å². The molecule has 1 amide bonds. The topological polar surface area (TPSA) is 80.9 Å². The summed E-state index contributed by atoms with van der Waals surface area (Å²) in [5.74, 6) is 4.03. The number of aromatic nitrogens is 2. The van der Waals surface area contributed by atoms with E-state index in [9.17, 15) is 22.4 Å². The Bertz CT molecular complexity index is 1100. The zero-order valence-corrected chi connectivity index (χ0v) is 14.7. The Labute approximate surface area is 160 Å². The van der Waals surface area contributed by atoms with Crippen molar-refractivity contribution in [2.75, 3.05) is 11.1 Å². The zero-order chi connectivity index (χ0) is 20.3. The highest BCUT2D eigenvalue weighted by atomic mass is 32.1. The Morgan fingerprint density at radius 3 is 2.68 bits per heavy atom. The van der Waals surface area contributed by atoms with E-state index in [0.717, 1.165) is 11.3 Å². The number of alkyl halides is 3. The second kappa shape index (κ2) is 7.66. The first-order valence-electron chi connectivity index (χ1n) is 7.59. The molecule has 3 N–H and O–H groups in total. The molecule has 0 saturated carbocycles. The Balaban J connectivity index is 1.78. The number of nitrogens with one attached hydrogen (secondary N) is 1. The van der Waals surface area contributed by atoms with E-state index >= 15 is 0 Å². The van der Waals surface area contributed by atoms with Crippen molar-refractivity contribution >= 4 is 28.7 Å². The van der Waals surface area contributed by atoms with Crippen LogP contribution in [0.25, 0.3) is 0 Å². The SMILES string of the molecule is Nc1ncncc1C#Cc1ccc(C(=O)Nc2cc(C(F)(F)F)ccc2F)s1. The number of carbonyl (C=O) groups is 1. The largest absolute Gasteiger partial charge is 0.416 e. The summed E-state index contributed by atoms with van der Waals surface area (Å²) in [6.45, 7) is 0. The number of hydrogen-bond donors (Lipinski definition) is 2. The van der Waals surface area contributed by atoms with Gasteiger partial charge in [0.1, 0.15) is 18.0 Å². The Kier molecular flexibility index (Phi) is 5.28. The van der Waals surface area contributed by atoms with E-state index in [1.54, 1.807) is 6.07 Å². The van der Waals surface area contributed by atoms with Gasteiger partial charge >= 0.3 is 6.18 Å². The fourth-order valence-corrected chi connectivity index (χ4v) is 2.83. The summed E-state index contributed by atoms with van der Waals surface area (Å²) in [7, 11) is 0. The maximum Gasteiger partial charge on any atom is 0.416 e. The highest BCUT2D eigenvalue weighted by molar-refractivity contribution is 7.14. The predicted molar refractivity (Wildman–Crippen MR) is 96.1 cm³/mol. The average Bonchev–Trinajstić information content (AvgIpc) is 3.11. The van der Waals surface area contributed by atoms with Gasteiger partial charge in [0.2, 0.25) is 0 Å². The molecule has 0 radical (unpaired) electrons. The van der Waals surface area contributed by atoms with Gasteiger partial charge in [-0.15, -0.1) is 11.3 Å². The van der Waals surface area contributed by atoms with E-state index < -0.39 is 29.2 Å². The van der Waals surface area contributed by atoms with Gasteiger partial charge in [0.25, 0.3) is 5.91 Å². The van der Waals surface area contributed by atoms with Gasteiger partial charge in [-0.05, 0) is 30.3 Å². The molecule has 3 aromatic rings. The number of carbonyl (C=O) groups excluding carboxylic acids is 1. The molecule has 0 atom stereocenters. The summed E-state index contributed by atoms with van der Waals surface area (Å²) in [5.41, 5.74) is 4.44. The summed E-state index contributed by atoms with van der Waals surface area (Å²) in [6, 6.07) is 4.77. The first-order valence-corrected chi connectivity index (χ1v) is 8.41. The summed E-state index contributed by atoms with van der Waals surface area (Å²) in [4.78, 5) is 20.5. The van der Waals surface area contributed by atoms with Crippen LogP contribution in [0.3, 0.4) is 0 Å². The fraction of sp³-hybridized carbons (Fsp3) is 0.0556. The number of nitrogens with zero attached hydrogens (tertiary/aromatic N) is 2. The van der Waals surface area contributed by atoms with Crippen LogP contribution in [0.15, 0.2) is 42.9 Å². The second-order valence-electron chi connectivity index (χ2n) is 5.38. The summed E-state index contributed by atoms with van der Waals surface area (Å²) in [6.07, 6.45) is -1.93. The van der Waals surface area contributed by atoms with E-state index in [1.165, 1.54) is 18.6 Å². The number of anilines is 2. The number of benzene rings is 1. The molecule has 0 unspecified atom stereocenters. The lowest BCUT2D eigenvalue weighted by Gasteiger charge is -2.10. The fourth-order valence-electron chi connectivity index (χ4n) is 2.07. The molecular formula is C18H10F4N4OS. The van der Waals surface area contributed by atoms with Gasteiger partial charge in [-0.25, -0.2) is 14.4 Å². The lowest BCUT2D eigenvalue weighted by Crippen LogP contribution is -2.13. The first-order chi connectivity index (χ1) is 13.2. The van der Waals surface area contributed by atoms with E-state index in [4.69, 9.17) is 5.73 Å². The maximum absolute atomic E-state index is 13.8. The summed E-state index contributed by atoms with van der Waals surface area (Å²) < 4.78 is 52.0. The van der Waals surface area contributed by atoms with Gasteiger partial charge in [-0.1, -0.05) is 11.8 Å². The third kappa shape index (κ3) is 4.44. The minimum absolute atomic E-state index is 0.151. The molecule has 0 spiro atoms. The van der Waals surface area contributed by atoms with Crippen molar-refractivity contribution in [3.63, 3.8) is 0 Å². The molecular weight excluding hydrogens is 396 g/mol. The van der Waals surface area contributed by atoms with Gasteiger partial charge in [0.15, 0.2) is 0 Å². The van der Waals surface area contributed by atoms with Crippen LogP contribution < -0.4 is 11.1 Å². The normalized spacial score (nSPS) is 10.9. The van der Waals surface area contributed by atoms with Crippen molar-refractivity contribution in [1.82, 2.24) is 9.97 Å². The molecule has 10 heteroatoms. The van der Waals surface area contributed by atoms with E-state index in [0.29, 0.717) is 28.6 Å². The number of thiophene rings is 1. The van der Waals surface area contributed by atoms with Crippen molar-refractivity contribution in [2.45, 2.75) is 6.18 Å². The van der Waals surface area contributed by atoms with Crippen LogP contribution in [0, 0.1) is 17.7 Å². The second-order valence-corrected chi connectivity index (χ2v) is 6.47. The van der Waals surface area contributed by atoms with Gasteiger partial charge in [0.05, 0.1) is 26.6 Å². The number of halogens is 4. The molecule has 2 aromatic heterocycles. The van der Waals surface area contributed by atoms with Crippen LogP contribution in [-0.4, -0.2) is 15.9 Å². The molecule has 0 fully saturated rings. The van der Waals surface area contributed by atoms with Crippen LogP contribution in [0.1, 0.15) is 25.7 Å². The first kappa shape index (κ1) is 19.3. The molecule has 0 aliphatic rings. The number of amides is 1. The molecule has 0 bridgehead atoms. The standard InChI is InChI=1S/C18H10F4N4OS/c19-13-5-2-11(18(20,21)22)7-14(13)26-17(27)15-6-4-12(28-15)3-1-10-8-24-9-25-16(10)23/h2,4-9H,(H,26,27)(H2,23,24,25). The van der Waals surface area contributed by atoms with E-state index in [2.05, 4.69) is 27.1 Å². The summed E-state index contributed by atoms with van der Waals surface area (Å²) in [5, 5.41) is 2.14. The maximum atomic E-state index is 13.8. The molecule has 0 saturated heterocycles. The van der Waals surface area contributed by atoms with Crippen molar-refractivity contribution in [2.24, 2.45) is 0 Å². The van der Waals surface area contributed by atoms with Crippen molar-refractivity contribution in [3.05, 3.63) is 69.6 Å². The number of hydrogen-bond acceptors (Lipinski definition) is 5. The summed E-state index contributed by atoms with van der Waals surface area (Å²) >= 11 is 0.989. The molecule has 0 aliphatic heterocycles. The Hall–Kier alpha value is -3.45. The predicted octanol–water partition coefficient (Wildman–Crippen LogP) is 3.93. The van der Waals surface area contributed by atoms with Gasteiger partial charge < -0.3 is 11.1 Å². The lowest BCUT2D eigenvalue weighted by molar-refractivity contribution is -0.137. The van der Waals surface area contributed by atoms with E-state index in [-0.39, 0.29) is 10.7 Å². The highest BCUT2D eigenvalue weighted by Crippen LogP contribution is 2.32. The smallest absolute Gasteiger partial charge is 0.383 e. The van der Waals surface area contributed by atoms with Crippen LogP contribution in [0.5, 0.6) is 0 Å². The van der Waals surface area contributed by atoms with Gasteiger partial charge in [-0.3, -0.25) is 4.79 Å². The molecule has 2 heterocycles. The van der Waals surface area contributed by atoms with Gasteiger partial charge in [0, 0.05) is 6.20 Å². The van der Waals surface area contributed by atoms with E-state index in [1.807, 2.05) is 0 Å². The number of nitrogen functional groups attached to an aromatic ring is 1. The Morgan fingerprint density at radius 2 is 1.96 bits per heavy atom. The minimum atomic E-state index is -4.65. The van der Waals surface area contributed by atoms with Crippen LogP contribution >= 0.6 is 11.3 Å². The molecule has 28 heavy (non-hydrogen) atoms. The van der Waals surface area contributed by atoms with Crippen molar-refractivity contribution in [3.8, 4) is 11.8 Å². The molecule has 3 rings (SSSR count). The van der Waals surface area contributed by atoms with Crippen LogP contribution in [-0.2, 0) is 6.18 Å². The molecule has 0 aliphatic carbocycles.